The van der Waals surface area contributed by atoms with Crippen molar-refractivity contribution >= 4 is 34.2 Å². The van der Waals surface area contributed by atoms with Crippen molar-refractivity contribution in [2.45, 2.75) is 50.4 Å². The Morgan fingerprint density at radius 1 is 1.04 bits per heavy atom. The van der Waals surface area contributed by atoms with Crippen LogP contribution < -0.4 is 5.56 Å². The second-order valence-corrected chi connectivity index (χ2v) is 14.4. The molecule has 2 saturated heterocycles. The summed E-state index contributed by atoms with van der Waals surface area (Å²) in [5, 5.41) is 12.3. The molecule has 0 spiro atoms. The molecule has 4 aromatic heterocycles. The maximum absolute atomic E-state index is 14.1. The summed E-state index contributed by atoms with van der Waals surface area (Å²) >= 11 is 1.04. The summed E-state index contributed by atoms with van der Waals surface area (Å²) in [5.41, 5.74) is -0.304. The Morgan fingerprint density at radius 3 is 2.51 bits per heavy atom. The number of hydrogen-bond donors (Lipinski definition) is 1. The molecule has 2 fully saturated rings. The first-order chi connectivity index (χ1) is 24.3. The third-order valence-electron chi connectivity index (χ3n) is 10.1. The van der Waals surface area contributed by atoms with Gasteiger partial charge in [-0.2, -0.15) is 13.2 Å². The van der Waals surface area contributed by atoms with Gasteiger partial charge in [0.15, 0.2) is 0 Å². The summed E-state index contributed by atoms with van der Waals surface area (Å²) in [6, 6.07) is 13.6. The third kappa shape index (κ3) is 6.79. The molecule has 51 heavy (non-hydrogen) atoms. The molecule has 0 saturated carbocycles. The quantitative estimate of drug-likeness (QED) is 0.265. The van der Waals surface area contributed by atoms with Gasteiger partial charge in [-0.1, -0.05) is 30.3 Å². The molecule has 2 aliphatic rings. The van der Waals surface area contributed by atoms with Crippen LogP contribution in [0.4, 0.5) is 13.2 Å². The lowest BCUT2D eigenvalue weighted by atomic mass is 9.79. The molecular formula is C36H36F3N7O4S. The van der Waals surface area contributed by atoms with Gasteiger partial charge in [0.05, 0.1) is 23.2 Å². The first-order valence-corrected chi connectivity index (χ1v) is 17.5. The molecule has 2 atom stereocenters. The van der Waals surface area contributed by atoms with E-state index in [1.54, 1.807) is 33.6 Å². The number of thiazole rings is 1. The van der Waals surface area contributed by atoms with Crippen LogP contribution in [0, 0.1) is 12.8 Å². The van der Waals surface area contributed by atoms with Gasteiger partial charge in [0, 0.05) is 63.0 Å². The average molecular weight is 720 g/mol. The van der Waals surface area contributed by atoms with Crippen molar-refractivity contribution in [3.8, 4) is 10.6 Å². The van der Waals surface area contributed by atoms with Gasteiger partial charge in [-0.25, -0.2) is 9.97 Å². The fourth-order valence-corrected chi connectivity index (χ4v) is 8.23. The van der Waals surface area contributed by atoms with Gasteiger partial charge in [-0.3, -0.25) is 23.9 Å². The Bertz CT molecular complexity index is 2160. The Balaban J connectivity index is 1.05. The number of aliphatic hydroxyl groups is 1. The number of alkyl halides is 3. The minimum Gasteiger partial charge on any atom is -0.388 e. The number of carbonyl (C=O) groups is 2. The van der Waals surface area contributed by atoms with Gasteiger partial charge in [-0.15, -0.1) is 11.3 Å². The number of nitrogens with zero attached hydrogens (tertiary/aromatic N) is 7. The summed E-state index contributed by atoms with van der Waals surface area (Å²) in [5.74, 6) is -1.04. The summed E-state index contributed by atoms with van der Waals surface area (Å²) in [6.07, 6.45) is 0.686. The molecule has 6 heterocycles. The predicted molar refractivity (Wildman–Crippen MR) is 184 cm³/mol. The van der Waals surface area contributed by atoms with Crippen LogP contribution in [0.3, 0.4) is 0 Å². The molecule has 0 radical (unpaired) electrons. The van der Waals surface area contributed by atoms with Crippen LogP contribution >= 0.6 is 11.3 Å². The molecule has 0 aliphatic carbocycles. The highest BCUT2D eigenvalue weighted by atomic mass is 32.1. The number of aromatic nitrogens is 5. The van der Waals surface area contributed by atoms with E-state index in [2.05, 4.69) is 15.0 Å². The Labute approximate surface area is 295 Å². The largest absolute Gasteiger partial charge is 0.433 e. The number of amides is 2. The van der Waals surface area contributed by atoms with Crippen LogP contribution in [0.25, 0.3) is 21.6 Å². The molecule has 0 unspecified atom stereocenters. The minimum absolute atomic E-state index is 0.0445. The standard InChI is InChI=1S/C36H36F3N7O4S/c1-22-29(51-31(42-22)24-8-13-40-28(18-24)36(37,38)39)34(49)45-15-10-25(27(19-45)23-6-4-3-5-7-23)32(47)44-16-11-35(50,12-17-44)20-46-21-41-30-26(33(46)48)9-14-43(30)2/h3-9,13-14,18,21,25,27,50H,10-12,15-17,19-20H2,1-2H3/t25-,27+/m1/s1. The van der Waals surface area contributed by atoms with E-state index in [4.69, 9.17) is 0 Å². The predicted octanol–water partition coefficient (Wildman–Crippen LogP) is 4.88. The molecular weight excluding hydrogens is 684 g/mol. The van der Waals surface area contributed by atoms with Gasteiger partial charge >= 0.3 is 6.18 Å². The van der Waals surface area contributed by atoms with E-state index < -0.39 is 23.4 Å². The van der Waals surface area contributed by atoms with Gasteiger partial charge in [0.25, 0.3) is 11.5 Å². The van der Waals surface area contributed by atoms with Crippen molar-refractivity contribution in [3.63, 3.8) is 0 Å². The monoisotopic (exact) mass is 719 g/mol. The van der Waals surface area contributed by atoms with E-state index in [-0.39, 0.29) is 41.9 Å². The number of aryl methyl sites for hydroxylation is 2. The molecule has 1 N–H and O–H groups in total. The maximum atomic E-state index is 14.1. The van der Waals surface area contributed by atoms with Crippen molar-refractivity contribution < 1.29 is 27.9 Å². The van der Waals surface area contributed by atoms with E-state index in [0.717, 1.165) is 29.2 Å². The lowest BCUT2D eigenvalue weighted by Gasteiger charge is -2.43. The maximum Gasteiger partial charge on any atom is 0.433 e. The normalized spacial score (nSPS) is 19.4. The lowest BCUT2D eigenvalue weighted by Crippen LogP contribution is -2.53. The number of piperidine rings is 2. The number of benzene rings is 1. The fraction of sp³-hybridized carbons (Fsp3) is 0.389. The van der Waals surface area contributed by atoms with Crippen LogP contribution in [0.1, 0.15) is 51.8 Å². The molecule has 11 nitrogen and oxygen atoms in total. The number of hydrogen-bond acceptors (Lipinski definition) is 8. The van der Waals surface area contributed by atoms with Crippen molar-refractivity contribution in [1.29, 1.82) is 0 Å². The van der Waals surface area contributed by atoms with E-state index in [1.807, 2.05) is 37.4 Å². The van der Waals surface area contributed by atoms with E-state index >= 15 is 0 Å². The number of halogens is 3. The van der Waals surface area contributed by atoms with Crippen LogP contribution in [0.15, 0.2) is 72.0 Å². The Hall–Kier alpha value is -4.89. The number of pyridine rings is 1. The van der Waals surface area contributed by atoms with E-state index in [0.29, 0.717) is 65.5 Å². The fourth-order valence-electron chi connectivity index (χ4n) is 7.20. The molecule has 1 aromatic carbocycles. The average Bonchev–Trinajstić information content (AvgIpc) is 3.71. The molecule has 5 aromatic rings. The first kappa shape index (κ1) is 34.6. The highest BCUT2D eigenvalue weighted by molar-refractivity contribution is 7.17. The zero-order valence-electron chi connectivity index (χ0n) is 28.0. The van der Waals surface area contributed by atoms with Gasteiger partial charge < -0.3 is 19.5 Å². The van der Waals surface area contributed by atoms with Gasteiger partial charge in [0.1, 0.15) is 27.6 Å². The molecule has 15 heteroatoms. The molecule has 0 bridgehead atoms. The minimum atomic E-state index is -4.61. The number of rotatable bonds is 6. The summed E-state index contributed by atoms with van der Waals surface area (Å²) in [4.78, 5) is 57.2. The number of likely N-dealkylation sites (tertiary alicyclic amines) is 2. The van der Waals surface area contributed by atoms with Gasteiger partial charge in [0.2, 0.25) is 5.91 Å². The second kappa shape index (κ2) is 13.3. The SMILES string of the molecule is Cc1nc(-c2ccnc(C(F)(F)F)c2)sc1C(=O)N1CC[C@@H](C(=O)N2CCC(O)(Cn3cnc4c(ccn4C)c3=O)CC2)[C@H](c2ccccc2)C1. The first-order valence-electron chi connectivity index (χ1n) is 16.7. The lowest BCUT2D eigenvalue weighted by molar-refractivity contribution is -0.142. The molecule has 2 aliphatic heterocycles. The third-order valence-corrected chi connectivity index (χ3v) is 11.2. The van der Waals surface area contributed by atoms with Crippen LogP contribution in [0.5, 0.6) is 0 Å². The van der Waals surface area contributed by atoms with E-state index in [1.165, 1.54) is 17.0 Å². The van der Waals surface area contributed by atoms with Crippen molar-refractivity contribution in [2.24, 2.45) is 13.0 Å². The molecule has 7 rings (SSSR count). The van der Waals surface area contributed by atoms with Crippen LogP contribution in [-0.4, -0.2) is 82.6 Å². The van der Waals surface area contributed by atoms with E-state index in [9.17, 15) is 32.7 Å². The number of carbonyl (C=O) groups excluding carboxylic acids is 2. The van der Waals surface area contributed by atoms with Crippen molar-refractivity contribution in [3.05, 3.63) is 99.4 Å². The molecule has 2 amide bonds. The van der Waals surface area contributed by atoms with Crippen molar-refractivity contribution in [1.82, 2.24) is 33.9 Å². The smallest absolute Gasteiger partial charge is 0.388 e. The highest BCUT2D eigenvalue weighted by Crippen LogP contribution is 2.38. The Kier molecular flexibility index (Phi) is 9.04. The summed E-state index contributed by atoms with van der Waals surface area (Å²) in [6.45, 7) is 2.96. The second-order valence-electron chi connectivity index (χ2n) is 13.4. The van der Waals surface area contributed by atoms with Crippen LogP contribution in [0.2, 0.25) is 0 Å². The summed E-state index contributed by atoms with van der Waals surface area (Å²) in [7, 11) is 1.81. The zero-order chi connectivity index (χ0) is 36.1. The summed E-state index contributed by atoms with van der Waals surface area (Å²) < 4.78 is 43.1. The van der Waals surface area contributed by atoms with Crippen molar-refractivity contribution in [2.75, 3.05) is 26.2 Å². The van der Waals surface area contributed by atoms with Crippen LogP contribution in [-0.2, 0) is 24.6 Å². The molecule has 266 valence electrons. The highest BCUT2D eigenvalue weighted by Gasteiger charge is 2.42. The Morgan fingerprint density at radius 2 is 1.78 bits per heavy atom. The van der Waals surface area contributed by atoms with Gasteiger partial charge in [-0.05, 0) is 49.9 Å². The number of fused-ring (bicyclic) bond motifs is 1. The zero-order valence-corrected chi connectivity index (χ0v) is 28.8. The topological polar surface area (TPSA) is 126 Å².